The van der Waals surface area contributed by atoms with Crippen LogP contribution in [-0.4, -0.2) is 22.9 Å². The Hall–Kier alpha value is -1.20. The zero-order valence-corrected chi connectivity index (χ0v) is 8.30. The van der Waals surface area contributed by atoms with E-state index in [0.29, 0.717) is 5.56 Å². The van der Waals surface area contributed by atoms with Gasteiger partial charge < -0.3 is 15.5 Å². The minimum Gasteiger partial charge on any atom is -0.503 e. The number of aliphatic hydroxyl groups excluding tert-OH is 1. The molecule has 1 aromatic carbocycles. The fourth-order valence-corrected chi connectivity index (χ4v) is 1.08. The van der Waals surface area contributed by atoms with Crippen molar-refractivity contribution in [2.24, 2.45) is 0 Å². The highest BCUT2D eigenvalue weighted by molar-refractivity contribution is 5.29. The molecule has 84 valence electrons. The third-order valence-corrected chi connectivity index (χ3v) is 2.01. The summed E-state index contributed by atoms with van der Waals surface area (Å²) in [7, 11) is 0. The van der Waals surface area contributed by atoms with E-state index in [1.807, 2.05) is 0 Å². The molecule has 0 amide bonds. The van der Waals surface area contributed by atoms with Crippen molar-refractivity contribution < 1.29 is 19.0 Å². The number of halogens is 2. The maximum atomic E-state index is 12.9. The van der Waals surface area contributed by atoms with Gasteiger partial charge in [0.2, 0.25) is 0 Å². The first-order valence-electron chi connectivity index (χ1n) is 4.55. The van der Waals surface area contributed by atoms with Crippen molar-refractivity contribution in [2.75, 3.05) is 6.61 Å². The Morgan fingerprint density at radius 3 is 2.33 bits per heavy atom. The van der Waals surface area contributed by atoms with E-state index in [0.717, 1.165) is 12.1 Å². The fourth-order valence-electron chi connectivity index (χ4n) is 1.08. The molecule has 0 heterocycles. The Labute approximate surface area is 86.4 Å². The zero-order valence-electron chi connectivity index (χ0n) is 8.30. The van der Waals surface area contributed by atoms with Gasteiger partial charge in [-0.25, -0.2) is 8.78 Å². The Kier molecular flexibility index (Phi) is 3.99. The SMILES string of the molecule is C[C@H](CO)NCc1cc(F)c(O)c(F)c1. The molecule has 1 rings (SSSR count). The molecule has 3 N–H and O–H groups in total. The van der Waals surface area contributed by atoms with Gasteiger partial charge in [-0.3, -0.25) is 0 Å². The molecule has 1 aromatic rings. The van der Waals surface area contributed by atoms with E-state index in [1.165, 1.54) is 0 Å². The highest BCUT2D eigenvalue weighted by Gasteiger charge is 2.09. The van der Waals surface area contributed by atoms with Crippen LogP contribution in [0, 0.1) is 11.6 Å². The minimum absolute atomic E-state index is 0.0525. The number of phenolic OH excluding ortho intramolecular Hbond substituents is 1. The molecule has 1 atom stereocenters. The molecular weight excluding hydrogens is 204 g/mol. The molecule has 3 nitrogen and oxygen atoms in total. The van der Waals surface area contributed by atoms with Crippen molar-refractivity contribution in [2.45, 2.75) is 19.5 Å². The Balaban J connectivity index is 2.70. The van der Waals surface area contributed by atoms with Gasteiger partial charge in [0.1, 0.15) is 0 Å². The number of hydrogen-bond acceptors (Lipinski definition) is 3. The summed E-state index contributed by atoms with van der Waals surface area (Å²) in [6, 6.07) is 1.95. The molecule has 0 aromatic heterocycles. The lowest BCUT2D eigenvalue weighted by Crippen LogP contribution is -2.28. The summed E-state index contributed by atoms with van der Waals surface area (Å²) in [4.78, 5) is 0. The second kappa shape index (κ2) is 5.04. The average Bonchev–Trinajstić information content (AvgIpc) is 2.22. The fraction of sp³-hybridized carbons (Fsp3) is 0.400. The molecule has 0 fully saturated rings. The second-order valence-corrected chi connectivity index (χ2v) is 3.37. The zero-order chi connectivity index (χ0) is 11.4. The molecule has 0 spiro atoms. The van der Waals surface area contributed by atoms with Gasteiger partial charge in [0.05, 0.1) is 6.61 Å². The van der Waals surface area contributed by atoms with Gasteiger partial charge in [0, 0.05) is 12.6 Å². The summed E-state index contributed by atoms with van der Waals surface area (Å²) in [5.41, 5.74) is 0.378. The van der Waals surface area contributed by atoms with E-state index in [1.54, 1.807) is 6.92 Å². The van der Waals surface area contributed by atoms with E-state index in [2.05, 4.69) is 5.32 Å². The lowest BCUT2D eigenvalue weighted by molar-refractivity contribution is 0.251. The van der Waals surface area contributed by atoms with Crippen molar-refractivity contribution in [3.05, 3.63) is 29.3 Å². The topological polar surface area (TPSA) is 52.5 Å². The van der Waals surface area contributed by atoms with Gasteiger partial charge in [-0.05, 0) is 24.6 Å². The number of hydrogen-bond donors (Lipinski definition) is 3. The van der Waals surface area contributed by atoms with Crippen LogP contribution in [0.1, 0.15) is 12.5 Å². The normalized spacial score (nSPS) is 12.8. The monoisotopic (exact) mass is 217 g/mol. The number of benzene rings is 1. The molecule has 0 saturated heterocycles. The van der Waals surface area contributed by atoms with Crippen LogP contribution >= 0.6 is 0 Å². The van der Waals surface area contributed by atoms with Gasteiger partial charge in [0.25, 0.3) is 0 Å². The predicted octanol–water partition coefficient (Wildman–Crippen LogP) is 1.14. The standard InChI is InChI=1S/C10H13F2NO2/c1-6(5-14)13-4-7-2-8(11)10(15)9(12)3-7/h2-3,6,13-15H,4-5H2,1H3/t6-/m1/s1. The van der Waals surface area contributed by atoms with Gasteiger partial charge in [-0.1, -0.05) is 0 Å². The highest BCUT2D eigenvalue weighted by Crippen LogP contribution is 2.21. The first kappa shape index (κ1) is 11.9. The maximum Gasteiger partial charge on any atom is 0.187 e. The van der Waals surface area contributed by atoms with Crippen LogP contribution in [0.4, 0.5) is 8.78 Å². The Morgan fingerprint density at radius 2 is 1.87 bits per heavy atom. The van der Waals surface area contributed by atoms with Crippen LogP contribution in [0.15, 0.2) is 12.1 Å². The number of nitrogens with one attached hydrogen (secondary N) is 1. The van der Waals surface area contributed by atoms with E-state index in [4.69, 9.17) is 10.2 Å². The van der Waals surface area contributed by atoms with Crippen molar-refractivity contribution in [3.8, 4) is 5.75 Å². The van der Waals surface area contributed by atoms with Gasteiger partial charge in [0.15, 0.2) is 17.4 Å². The highest BCUT2D eigenvalue weighted by atomic mass is 19.1. The first-order chi connectivity index (χ1) is 7.04. The molecule has 0 bridgehead atoms. The summed E-state index contributed by atoms with van der Waals surface area (Å²) < 4.78 is 25.8. The van der Waals surface area contributed by atoms with Gasteiger partial charge in [-0.15, -0.1) is 0 Å². The van der Waals surface area contributed by atoms with Gasteiger partial charge >= 0.3 is 0 Å². The largest absolute Gasteiger partial charge is 0.503 e. The van der Waals surface area contributed by atoms with Crippen molar-refractivity contribution in [3.63, 3.8) is 0 Å². The molecule has 5 heteroatoms. The predicted molar refractivity (Wildman–Crippen MR) is 51.4 cm³/mol. The van der Waals surface area contributed by atoms with Crippen LogP contribution in [0.25, 0.3) is 0 Å². The van der Waals surface area contributed by atoms with Crippen LogP contribution in [0.3, 0.4) is 0 Å². The lowest BCUT2D eigenvalue weighted by atomic mass is 10.2. The number of aliphatic hydroxyl groups is 1. The van der Waals surface area contributed by atoms with Crippen LogP contribution < -0.4 is 5.32 Å². The lowest BCUT2D eigenvalue weighted by Gasteiger charge is -2.10. The van der Waals surface area contributed by atoms with Crippen LogP contribution in [-0.2, 0) is 6.54 Å². The molecule has 0 radical (unpaired) electrons. The summed E-state index contributed by atoms with van der Waals surface area (Å²) in [5, 5.41) is 20.4. The molecule has 0 aliphatic heterocycles. The molecule has 0 aliphatic carbocycles. The van der Waals surface area contributed by atoms with E-state index < -0.39 is 17.4 Å². The molecular formula is C10H13F2NO2. The molecule has 0 unspecified atom stereocenters. The first-order valence-corrected chi connectivity index (χ1v) is 4.55. The third kappa shape index (κ3) is 3.14. The second-order valence-electron chi connectivity index (χ2n) is 3.37. The molecule has 0 aliphatic rings. The van der Waals surface area contributed by atoms with Crippen LogP contribution in [0.5, 0.6) is 5.75 Å². The van der Waals surface area contributed by atoms with Crippen molar-refractivity contribution in [1.82, 2.24) is 5.32 Å². The van der Waals surface area contributed by atoms with E-state index in [-0.39, 0.29) is 19.2 Å². The van der Waals surface area contributed by atoms with Gasteiger partial charge in [-0.2, -0.15) is 0 Å². The average molecular weight is 217 g/mol. The third-order valence-electron chi connectivity index (χ3n) is 2.01. The van der Waals surface area contributed by atoms with Crippen molar-refractivity contribution in [1.29, 1.82) is 0 Å². The van der Waals surface area contributed by atoms with E-state index >= 15 is 0 Å². The Morgan fingerprint density at radius 1 is 1.33 bits per heavy atom. The van der Waals surface area contributed by atoms with E-state index in [9.17, 15) is 8.78 Å². The molecule has 15 heavy (non-hydrogen) atoms. The minimum atomic E-state index is -0.983. The summed E-state index contributed by atoms with van der Waals surface area (Å²) in [5.74, 6) is -2.93. The maximum absolute atomic E-state index is 12.9. The Bertz CT molecular complexity index is 321. The van der Waals surface area contributed by atoms with Crippen LogP contribution in [0.2, 0.25) is 0 Å². The number of rotatable bonds is 4. The number of phenols is 1. The quantitative estimate of drug-likeness (QED) is 0.709. The summed E-state index contributed by atoms with van der Waals surface area (Å²) >= 11 is 0. The molecule has 0 saturated carbocycles. The number of aromatic hydroxyl groups is 1. The van der Waals surface area contributed by atoms with Crippen molar-refractivity contribution >= 4 is 0 Å². The summed E-state index contributed by atoms with van der Waals surface area (Å²) in [6.45, 7) is 1.92. The summed E-state index contributed by atoms with van der Waals surface area (Å²) in [6.07, 6.45) is 0. The smallest absolute Gasteiger partial charge is 0.187 e.